The lowest BCUT2D eigenvalue weighted by atomic mass is 9.96. The fraction of sp³-hybridized carbons (Fsp3) is 0.533. The van der Waals surface area contributed by atoms with Crippen molar-refractivity contribution in [3.8, 4) is 0 Å². The Morgan fingerprint density at radius 2 is 1.90 bits per heavy atom. The third-order valence-corrected chi connectivity index (χ3v) is 5.48. The normalized spacial score (nSPS) is 18.7. The number of hydrogen-bond donors (Lipinski definition) is 0. The smallest absolute Gasteiger partial charge is 0.263 e. The van der Waals surface area contributed by atoms with Gasteiger partial charge in [-0.1, -0.05) is 6.42 Å². The number of aryl methyl sites for hydroxylation is 2. The van der Waals surface area contributed by atoms with Crippen molar-refractivity contribution in [2.45, 2.75) is 51.5 Å². The molecule has 1 aliphatic carbocycles. The zero-order chi connectivity index (χ0) is 13.7. The third kappa shape index (κ3) is 1.69. The topological polar surface area (TPSA) is 52.0 Å². The standard InChI is InChI=1S/C15H16N2O2S/c18-9-5-4-6-10-12(9)13-14(20-10)16-11-7-2-1-3-8-17(11)15(13)19/h1-8H2. The van der Waals surface area contributed by atoms with Gasteiger partial charge in [-0.05, 0) is 25.7 Å². The zero-order valence-electron chi connectivity index (χ0n) is 11.3. The molecular formula is C15H16N2O2S. The van der Waals surface area contributed by atoms with Gasteiger partial charge in [0.2, 0.25) is 0 Å². The molecular weight excluding hydrogens is 272 g/mol. The van der Waals surface area contributed by atoms with E-state index in [1.54, 1.807) is 11.3 Å². The Hall–Kier alpha value is -1.49. The van der Waals surface area contributed by atoms with Crippen LogP contribution in [0, 0.1) is 0 Å². The summed E-state index contributed by atoms with van der Waals surface area (Å²) in [6.45, 7) is 0.746. The Bertz CT molecular complexity index is 772. The number of carbonyl (C=O) groups excluding carboxylic acids is 1. The van der Waals surface area contributed by atoms with Crippen LogP contribution in [0.1, 0.15) is 53.2 Å². The molecule has 1 aliphatic heterocycles. The van der Waals surface area contributed by atoms with Gasteiger partial charge in [-0.2, -0.15) is 0 Å². The maximum Gasteiger partial charge on any atom is 0.263 e. The summed E-state index contributed by atoms with van der Waals surface area (Å²) in [5.41, 5.74) is 0.702. The van der Waals surface area contributed by atoms with Gasteiger partial charge in [0.15, 0.2) is 5.78 Å². The van der Waals surface area contributed by atoms with E-state index in [0.717, 1.165) is 60.6 Å². The molecule has 0 bridgehead atoms. The second kappa shape index (κ2) is 4.52. The molecule has 4 nitrogen and oxygen atoms in total. The molecule has 0 saturated carbocycles. The second-order valence-corrected chi connectivity index (χ2v) is 6.74. The van der Waals surface area contributed by atoms with E-state index in [4.69, 9.17) is 4.98 Å². The van der Waals surface area contributed by atoms with E-state index < -0.39 is 0 Å². The van der Waals surface area contributed by atoms with Crippen molar-refractivity contribution in [2.24, 2.45) is 0 Å². The molecule has 0 aromatic carbocycles. The van der Waals surface area contributed by atoms with E-state index in [2.05, 4.69) is 0 Å². The number of aromatic nitrogens is 2. The Labute approximate surface area is 120 Å². The van der Waals surface area contributed by atoms with Gasteiger partial charge < -0.3 is 0 Å². The molecule has 0 unspecified atom stereocenters. The first-order valence-electron chi connectivity index (χ1n) is 7.34. The minimum Gasteiger partial charge on any atom is -0.296 e. The summed E-state index contributed by atoms with van der Waals surface area (Å²) in [5.74, 6) is 1.04. The quantitative estimate of drug-likeness (QED) is 0.749. The summed E-state index contributed by atoms with van der Waals surface area (Å²) in [5, 5.41) is 0.598. The summed E-state index contributed by atoms with van der Waals surface area (Å²) in [6, 6.07) is 0. The fourth-order valence-electron chi connectivity index (χ4n) is 3.33. The molecule has 3 heterocycles. The average molecular weight is 288 g/mol. The molecule has 5 heteroatoms. The second-order valence-electron chi connectivity index (χ2n) is 5.65. The van der Waals surface area contributed by atoms with E-state index in [9.17, 15) is 9.59 Å². The van der Waals surface area contributed by atoms with E-state index in [1.165, 1.54) is 0 Å². The molecule has 0 saturated heterocycles. The van der Waals surface area contributed by atoms with Crippen molar-refractivity contribution in [3.63, 3.8) is 0 Å². The number of Topliss-reactive ketones (excluding diaryl/α,β-unsaturated/α-hetero) is 1. The predicted molar refractivity (Wildman–Crippen MR) is 78.7 cm³/mol. The van der Waals surface area contributed by atoms with Gasteiger partial charge in [-0.15, -0.1) is 11.3 Å². The molecule has 0 amide bonds. The van der Waals surface area contributed by atoms with Crippen LogP contribution >= 0.6 is 11.3 Å². The van der Waals surface area contributed by atoms with E-state index in [1.807, 2.05) is 4.57 Å². The summed E-state index contributed by atoms with van der Waals surface area (Å²) in [7, 11) is 0. The first kappa shape index (κ1) is 12.3. The highest BCUT2D eigenvalue weighted by molar-refractivity contribution is 7.19. The van der Waals surface area contributed by atoms with Gasteiger partial charge in [0.1, 0.15) is 10.7 Å². The molecule has 0 radical (unpaired) electrons. The highest BCUT2D eigenvalue weighted by atomic mass is 32.1. The van der Waals surface area contributed by atoms with Crippen molar-refractivity contribution >= 4 is 27.3 Å². The van der Waals surface area contributed by atoms with Crippen molar-refractivity contribution in [1.29, 1.82) is 0 Å². The molecule has 2 aromatic heterocycles. The van der Waals surface area contributed by atoms with Gasteiger partial charge in [-0.25, -0.2) is 4.98 Å². The lowest BCUT2D eigenvalue weighted by Crippen LogP contribution is -2.25. The largest absolute Gasteiger partial charge is 0.296 e. The summed E-state index contributed by atoms with van der Waals surface area (Å²) in [6.07, 6.45) is 6.54. The molecule has 20 heavy (non-hydrogen) atoms. The Morgan fingerprint density at radius 1 is 1.00 bits per heavy atom. The SMILES string of the molecule is O=C1CCCc2sc3nc4n(c(=O)c3c21)CCCCC4. The Morgan fingerprint density at radius 3 is 2.80 bits per heavy atom. The van der Waals surface area contributed by atoms with E-state index in [0.29, 0.717) is 17.4 Å². The Kier molecular flexibility index (Phi) is 2.77. The van der Waals surface area contributed by atoms with Crippen LogP contribution in [-0.2, 0) is 19.4 Å². The van der Waals surface area contributed by atoms with Crippen LogP contribution in [0.25, 0.3) is 10.2 Å². The van der Waals surface area contributed by atoms with Crippen LogP contribution in [0.4, 0.5) is 0 Å². The average Bonchev–Trinajstić information content (AvgIpc) is 2.64. The lowest BCUT2D eigenvalue weighted by molar-refractivity contribution is 0.0975. The fourth-order valence-corrected chi connectivity index (χ4v) is 4.57. The number of rotatable bonds is 0. The maximum atomic E-state index is 12.8. The van der Waals surface area contributed by atoms with E-state index in [-0.39, 0.29) is 11.3 Å². The van der Waals surface area contributed by atoms with E-state index >= 15 is 0 Å². The molecule has 0 N–H and O–H groups in total. The molecule has 4 rings (SSSR count). The van der Waals surface area contributed by atoms with Gasteiger partial charge in [0.25, 0.3) is 5.56 Å². The third-order valence-electron chi connectivity index (χ3n) is 4.33. The molecule has 2 aliphatic rings. The highest BCUT2D eigenvalue weighted by Crippen LogP contribution is 2.34. The minimum atomic E-state index is 0.0136. The van der Waals surface area contributed by atoms with Crippen LogP contribution in [0.5, 0.6) is 0 Å². The van der Waals surface area contributed by atoms with Crippen LogP contribution in [0.2, 0.25) is 0 Å². The summed E-state index contributed by atoms with van der Waals surface area (Å²) >= 11 is 1.55. The Balaban J connectivity index is 2.06. The highest BCUT2D eigenvalue weighted by Gasteiger charge is 2.27. The zero-order valence-corrected chi connectivity index (χ0v) is 12.1. The predicted octanol–water partition coefficient (Wildman–Crippen LogP) is 2.70. The number of hydrogen-bond acceptors (Lipinski definition) is 4. The number of carbonyl (C=O) groups is 1. The van der Waals surface area contributed by atoms with Gasteiger partial charge in [0.05, 0.1) is 5.39 Å². The van der Waals surface area contributed by atoms with Crippen molar-refractivity contribution in [2.75, 3.05) is 0 Å². The van der Waals surface area contributed by atoms with Gasteiger partial charge in [0, 0.05) is 29.8 Å². The molecule has 2 aromatic rings. The van der Waals surface area contributed by atoms with Crippen LogP contribution in [-0.4, -0.2) is 15.3 Å². The minimum absolute atomic E-state index is 0.0136. The monoisotopic (exact) mass is 288 g/mol. The van der Waals surface area contributed by atoms with Crippen LogP contribution < -0.4 is 5.56 Å². The summed E-state index contributed by atoms with van der Waals surface area (Å²) in [4.78, 5) is 31.5. The van der Waals surface area contributed by atoms with Crippen molar-refractivity contribution < 1.29 is 4.79 Å². The number of thiophene rings is 1. The number of fused-ring (bicyclic) bond motifs is 4. The lowest BCUT2D eigenvalue weighted by Gasteiger charge is -2.10. The van der Waals surface area contributed by atoms with Crippen molar-refractivity contribution in [3.05, 3.63) is 26.6 Å². The van der Waals surface area contributed by atoms with Gasteiger partial charge in [-0.3, -0.25) is 14.2 Å². The maximum absolute atomic E-state index is 12.8. The first-order valence-corrected chi connectivity index (χ1v) is 8.15. The molecule has 0 spiro atoms. The number of nitrogens with zero attached hydrogens (tertiary/aromatic N) is 2. The molecule has 0 atom stereocenters. The first-order chi connectivity index (χ1) is 9.75. The molecule has 104 valence electrons. The van der Waals surface area contributed by atoms with Crippen LogP contribution in [0.15, 0.2) is 4.79 Å². The summed E-state index contributed by atoms with van der Waals surface area (Å²) < 4.78 is 1.81. The molecule has 0 fully saturated rings. The van der Waals surface area contributed by atoms with Crippen molar-refractivity contribution in [1.82, 2.24) is 9.55 Å². The van der Waals surface area contributed by atoms with Gasteiger partial charge >= 0.3 is 0 Å². The van der Waals surface area contributed by atoms with Crippen LogP contribution in [0.3, 0.4) is 0 Å². The number of ketones is 1.